The van der Waals surface area contributed by atoms with Crippen molar-refractivity contribution in [1.29, 1.82) is 0 Å². The van der Waals surface area contributed by atoms with E-state index >= 15 is 0 Å². The standard InChI is InChI=1S/C14H22N2/c1-15-14-9-11-16(12-14)10-5-8-13-6-3-2-4-7-13/h2-4,6-7,14-15H,5,8-12H2,1H3. The minimum atomic E-state index is 0.719. The van der Waals surface area contributed by atoms with Crippen LogP contribution in [0.5, 0.6) is 0 Å². The van der Waals surface area contributed by atoms with Gasteiger partial charge in [-0.2, -0.15) is 0 Å². The molecule has 1 heterocycles. The number of likely N-dealkylation sites (tertiary alicyclic amines) is 1. The van der Waals surface area contributed by atoms with Gasteiger partial charge in [-0.15, -0.1) is 0 Å². The van der Waals surface area contributed by atoms with E-state index in [2.05, 4.69) is 47.6 Å². The zero-order valence-corrected chi connectivity index (χ0v) is 10.2. The summed E-state index contributed by atoms with van der Waals surface area (Å²) in [6.45, 7) is 3.73. The van der Waals surface area contributed by atoms with Crippen LogP contribution in [0.4, 0.5) is 0 Å². The van der Waals surface area contributed by atoms with Crippen LogP contribution in [0.25, 0.3) is 0 Å². The second-order valence-corrected chi connectivity index (χ2v) is 4.66. The number of nitrogens with zero attached hydrogens (tertiary/aromatic N) is 1. The first-order valence-electron chi connectivity index (χ1n) is 6.32. The minimum Gasteiger partial charge on any atom is -0.316 e. The van der Waals surface area contributed by atoms with E-state index in [9.17, 15) is 0 Å². The molecule has 1 saturated heterocycles. The SMILES string of the molecule is CNC1CCN(CCCc2ccccc2)C1. The first kappa shape index (κ1) is 11.6. The van der Waals surface area contributed by atoms with Crippen LogP contribution in [0.15, 0.2) is 30.3 Å². The molecule has 0 aliphatic carbocycles. The Morgan fingerprint density at radius 1 is 1.31 bits per heavy atom. The highest BCUT2D eigenvalue weighted by molar-refractivity contribution is 5.14. The molecule has 2 nitrogen and oxygen atoms in total. The fraction of sp³-hybridized carbons (Fsp3) is 0.571. The van der Waals surface area contributed by atoms with Crippen LogP contribution in [0.3, 0.4) is 0 Å². The van der Waals surface area contributed by atoms with E-state index in [1.54, 1.807) is 0 Å². The molecule has 1 aromatic rings. The Bertz CT molecular complexity index is 297. The topological polar surface area (TPSA) is 15.3 Å². The van der Waals surface area contributed by atoms with Crippen molar-refractivity contribution in [3.8, 4) is 0 Å². The molecular weight excluding hydrogens is 196 g/mol. The average Bonchev–Trinajstić information content (AvgIpc) is 2.78. The lowest BCUT2D eigenvalue weighted by Crippen LogP contribution is -2.30. The second kappa shape index (κ2) is 6.02. The van der Waals surface area contributed by atoms with E-state index in [1.165, 1.54) is 44.5 Å². The highest BCUT2D eigenvalue weighted by atomic mass is 15.2. The van der Waals surface area contributed by atoms with Crippen molar-refractivity contribution in [2.45, 2.75) is 25.3 Å². The van der Waals surface area contributed by atoms with Gasteiger partial charge in [0.15, 0.2) is 0 Å². The van der Waals surface area contributed by atoms with Gasteiger partial charge in [0.25, 0.3) is 0 Å². The zero-order chi connectivity index (χ0) is 11.2. The van der Waals surface area contributed by atoms with E-state index in [-0.39, 0.29) is 0 Å². The van der Waals surface area contributed by atoms with Crippen molar-refractivity contribution in [3.63, 3.8) is 0 Å². The number of likely N-dealkylation sites (N-methyl/N-ethyl adjacent to an activating group) is 1. The predicted molar refractivity (Wildman–Crippen MR) is 68.7 cm³/mol. The van der Waals surface area contributed by atoms with Crippen LogP contribution >= 0.6 is 0 Å². The molecule has 1 aliphatic heterocycles. The molecule has 88 valence electrons. The maximum Gasteiger partial charge on any atom is 0.0204 e. The van der Waals surface area contributed by atoms with E-state index in [0.717, 1.165) is 6.04 Å². The fourth-order valence-corrected chi connectivity index (χ4v) is 2.42. The maximum atomic E-state index is 3.36. The third-order valence-electron chi connectivity index (χ3n) is 3.46. The van der Waals surface area contributed by atoms with E-state index in [1.807, 2.05) is 0 Å². The van der Waals surface area contributed by atoms with Crippen LogP contribution in [0.1, 0.15) is 18.4 Å². The molecule has 0 spiro atoms. The van der Waals surface area contributed by atoms with Crippen LogP contribution in [0, 0.1) is 0 Å². The Morgan fingerprint density at radius 3 is 2.81 bits per heavy atom. The Labute approximate surface area is 98.7 Å². The summed E-state index contributed by atoms with van der Waals surface area (Å²) in [5.74, 6) is 0. The minimum absolute atomic E-state index is 0.719. The number of rotatable bonds is 5. The summed E-state index contributed by atoms with van der Waals surface area (Å²) in [6, 6.07) is 11.5. The summed E-state index contributed by atoms with van der Waals surface area (Å²) in [5.41, 5.74) is 1.46. The molecule has 1 aliphatic rings. The first-order chi connectivity index (χ1) is 7.88. The molecule has 0 saturated carbocycles. The van der Waals surface area contributed by atoms with Crippen molar-refractivity contribution in [2.75, 3.05) is 26.7 Å². The van der Waals surface area contributed by atoms with Gasteiger partial charge in [0.1, 0.15) is 0 Å². The van der Waals surface area contributed by atoms with Crippen molar-refractivity contribution < 1.29 is 0 Å². The highest BCUT2D eigenvalue weighted by Crippen LogP contribution is 2.10. The largest absolute Gasteiger partial charge is 0.316 e. The number of hydrogen-bond donors (Lipinski definition) is 1. The Balaban J connectivity index is 1.65. The summed E-state index contributed by atoms with van der Waals surface area (Å²) >= 11 is 0. The number of nitrogens with one attached hydrogen (secondary N) is 1. The molecule has 0 radical (unpaired) electrons. The van der Waals surface area contributed by atoms with Crippen molar-refractivity contribution >= 4 is 0 Å². The summed E-state index contributed by atoms with van der Waals surface area (Å²) in [7, 11) is 2.07. The van der Waals surface area contributed by atoms with Gasteiger partial charge in [0, 0.05) is 12.6 Å². The second-order valence-electron chi connectivity index (χ2n) is 4.66. The van der Waals surface area contributed by atoms with Crippen LogP contribution < -0.4 is 5.32 Å². The van der Waals surface area contributed by atoms with Gasteiger partial charge in [0.05, 0.1) is 0 Å². The van der Waals surface area contributed by atoms with Crippen molar-refractivity contribution in [3.05, 3.63) is 35.9 Å². The van der Waals surface area contributed by atoms with E-state index < -0.39 is 0 Å². The lowest BCUT2D eigenvalue weighted by Gasteiger charge is -2.15. The van der Waals surface area contributed by atoms with Crippen LogP contribution in [0.2, 0.25) is 0 Å². The molecule has 1 atom stereocenters. The van der Waals surface area contributed by atoms with Gasteiger partial charge in [-0.25, -0.2) is 0 Å². The Morgan fingerprint density at radius 2 is 2.12 bits per heavy atom. The summed E-state index contributed by atoms with van der Waals surface area (Å²) in [5, 5.41) is 3.36. The van der Waals surface area contributed by atoms with Crippen molar-refractivity contribution in [1.82, 2.24) is 10.2 Å². The zero-order valence-electron chi connectivity index (χ0n) is 10.2. The average molecular weight is 218 g/mol. The molecule has 1 fully saturated rings. The van der Waals surface area contributed by atoms with Gasteiger partial charge in [-0.1, -0.05) is 30.3 Å². The lowest BCUT2D eigenvalue weighted by molar-refractivity contribution is 0.325. The molecule has 0 aromatic heterocycles. The molecule has 16 heavy (non-hydrogen) atoms. The lowest BCUT2D eigenvalue weighted by atomic mass is 10.1. The van der Waals surface area contributed by atoms with Crippen molar-refractivity contribution in [2.24, 2.45) is 0 Å². The number of benzene rings is 1. The molecule has 1 unspecified atom stereocenters. The molecule has 2 heteroatoms. The van der Waals surface area contributed by atoms with Gasteiger partial charge < -0.3 is 10.2 Å². The van der Waals surface area contributed by atoms with Gasteiger partial charge in [-0.05, 0) is 45.0 Å². The normalized spacial score (nSPS) is 21.4. The number of hydrogen-bond acceptors (Lipinski definition) is 2. The molecule has 0 bridgehead atoms. The Kier molecular flexibility index (Phi) is 4.37. The Hall–Kier alpha value is -0.860. The monoisotopic (exact) mass is 218 g/mol. The summed E-state index contributed by atoms with van der Waals surface area (Å²) in [4.78, 5) is 2.57. The predicted octanol–water partition coefficient (Wildman–Crippen LogP) is 1.91. The molecule has 1 aromatic carbocycles. The van der Waals surface area contributed by atoms with Gasteiger partial charge in [-0.3, -0.25) is 0 Å². The van der Waals surface area contributed by atoms with E-state index in [4.69, 9.17) is 0 Å². The first-order valence-corrected chi connectivity index (χ1v) is 6.32. The maximum absolute atomic E-state index is 3.36. The third-order valence-corrected chi connectivity index (χ3v) is 3.46. The molecule has 0 amide bonds. The fourth-order valence-electron chi connectivity index (χ4n) is 2.42. The quantitative estimate of drug-likeness (QED) is 0.812. The highest BCUT2D eigenvalue weighted by Gasteiger charge is 2.19. The smallest absolute Gasteiger partial charge is 0.0204 e. The van der Waals surface area contributed by atoms with Crippen LogP contribution in [-0.4, -0.2) is 37.6 Å². The summed E-state index contributed by atoms with van der Waals surface area (Å²) in [6.07, 6.45) is 3.80. The molecular formula is C14H22N2. The van der Waals surface area contributed by atoms with Gasteiger partial charge in [0.2, 0.25) is 0 Å². The van der Waals surface area contributed by atoms with Crippen LogP contribution in [-0.2, 0) is 6.42 Å². The third kappa shape index (κ3) is 3.32. The van der Waals surface area contributed by atoms with Gasteiger partial charge >= 0.3 is 0 Å². The number of aryl methyl sites for hydroxylation is 1. The summed E-state index contributed by atoms with van der Waals surface area (Å²) < 4.78 is 0. The molecule has 1 N–H and O–H groups in total. The van der Waals surface area contributed by atoms with E-state index in [0.29, 0.717) is 0 Å². The molecule has 2 rings (SSSR count).